The Balaban J connectivity index is 0.000000276. The van der Waals surface area contributed by atoms with Gasteiger partial charge in [-0.25, -0.2) is 9.59 Å². The number of carbonyl (C=O) groups is 2. The summed E-state index contributed by atoms with van der Waals surface area (Å²) in [6.45, 7) is 13.4. The first kappa shape index (κ1) is 42.6. The Morgan fingerprint density at radius 1 is 0.608 bits per heavy atom. The molecule has 2 fully saturated rings. The predicted octanol–water partition coefficient (Wildman–Crippen LogP) is 12.9. The minimum absolute atomic E-state index is 0.335. The van der Waals surface area contributed by atoms with Gasteiger partial charge in [-0.1, -0.05) is 91.0 Å². The highest BCUT2D eigenvalue weighted by Crippen LogP contribution is 2.30. The minimum Gasteiger partial charge on any atom is -0.462 e. The van der Waals surface area contributed by atoms with E-state index in [9.17, 15) is 9.59 Å². The van der Waals surface area contributed by atoms with E-state index in [0.717, 1.165) is 48.9 Å². The first-order valence-electron chi connectivity index (χ1n) is 19.9. The van der Waals surface area contributed by atoms with Crippen molar-refractivity contribution in [1.82, 2.24) is 0 Å². The van der Waals surface area contributed by atoms with Crippen molar-refractivity contribution >= 4 is 44.6 Å². The molecule has 2 saturated carbocycles. The number of hydrogen-bond acceptors (Lipinski definition) is 8. The van der Waals surface area contributed by atoms with Gasteiger partial charge in [-0.3, -0.25) is 0 Å². The highest BCUT2D eigenvalue weighted by atomic mass is 32.1. The number of ether oxygens (including phenoxy) is 2. The molecule has 8 heteroatoms. The number of aryl methyl sites for hydroxylation is 3. The summed E-state index contributed by atoms with van der Waals surface area (Å²) in [7, 11) is 0. The largest absolute Gasteiger partial charge is 0.462 e. The molecule has 0 atom stereocenters. The highest BCUT2D eigenvalue weighted by molar-refractivity contribution is 7.16. The zero-order chi connectivity index (χ0) is 36.8. The molecule has 0 amide bonds. The lowest BCUT2D eigenvalue weighted by Gasteiger charge is -2.15. The van der Waals surface area contributed by atoms with Crippen LogP contribution in [0.3, 0.4) is 0 Å². The van der Waals surface area contributed by atoms with Crippen molar-refractivity contribution in [2.45, 2.75) is 163 Å². The van der Waals surface area contributed by atoms with E-state index in [4.69, 9.17) is 9.47 Å². The molecular formula is C43H66N2O4S2. The van der Waals surface area contributed by atoms with Gasteiger partial charge in [0.05, 0.1) is 34.3 Å². The van der Waals surface area contributed by atoms with E-state index in [-0.39, 0.29) is 0 Å². The molecule has 0 saturated heterocycles. The molecule has 2 heterocycles. The third-order valence-electron chi connectivity index (χ3n) is 9.11. The third-order valence-corrected chi connectivity index (χ3v) is 11.0. The number of nitrogens with one attached hydrogen (secondary N) is 2. The van der Waals surface area contributed by atoms with Crippen LogP contribution in [0.1, 0.15) is 165 Å². The summed E-state index contributed by atoms with van der Waals surface area (Å²) < 4.78 is 11.1. The third kappa shape index (κ3) is 17.5. The van der Waals surface area contributed by atoms with E-state index in [0.29, 0.717) is 30.8 Å². The molecule has 2 aliphatic rings. The fourth-order valence-corrected chi connectivity index (χ4v) is 7.43. The predicted molar refractivity (Wildman–Crippen MR) is 219 cm³/mol. The number of esters is 2. The van der Waals surface area contributed by atoms with Gasteiger partial charge in [0.15, 0.2) is 0 Å². The van der Waals surface area contributed by atoms with Gasteiger partial charge >= 0.3 is 11.9 Å². The molecular weight excluding hydrogens is 673 g/mol. The van der Waals surface area contributed by atoms with Crippen LogP contribution >= 0.6 is 22.7 Å². The van der Waals surface area contributed by atoms with Crippen molar-refractivity contribution in [1.29, 1.82) is 0 Å². The van der Waals surface area contributed by atoms with Gasteiger partial charge in [-0.15, -0.1) is 22.7 Å². The van der Waals surface area contributed by atoms with Gasteiger partial charge in [-0.05, 0) is 107 Å². The second-order valence-corrected chi connectivity index (χ2v) is 16.7. The number of carbonyl (C=O) groups excluding carboxylic acids is 2. The van der Waals surface area contributed by atoms with Gasteiger partial charge in [0, 0.05) is 21.8 Å². The topological polar surface area (TPSA) is 76.7 Å². The molecule has 284 valence electrons. The Kier molecular flexibility index (Phi) is 20.4. The summed E-state index contributed by atoms with van der Waals surface area (Å²) in [6, 6.07) is 13.8. The molecule has 6 nitrogen and oxygen atoms in total. The number of hydrogen-bond donors (Lipinski definition) is 2. The van der Waals surface area contributed by atoms with Gasteiger partial charge in [0.25, 0.3) is 0 Å². The SMILES string of the molecule is CCCCCCCCOC(=O)c1ccc(C)c(CC)c1C(=O)OCCCCCCCC.Cc1ccc(NC2CC2)s1.Cc1ccc(NC2CC2)s1. The molecule has 2 aliphatic carbocycles. The average Bonchev–Trinajstić information content (AvgIpc) is 4.04. The maximum absolute atomic E-state index is 12.9. The lowest BCUT2D eigenvalue weighted by atomic mass is 9.94. The first-order chi connectivity index (χ1) is 24.7. The van der Waals surface area contributed by atoms with Crippen molar-refractivity contribution in [2.75, 3.05) is 23.8 Å². The molecule has 1 aromatic carbocycles. The standard InChI is InChI=1S/C27H44O4.2C8H11NS/c1-5-8-10-12-14-16-20-30-26(28)24-19-18-22(4)23(7-3)25(24)27(29)31-21-17-15-13-11-9-6-2;2*1-6-2-5-8(10-6)9-7-3-4-7/h18-19H,5-17,20-21H2,1-4H3;2*2,5,7,9H,3-4H2,1H3. The Labute approximate surface area is 317 Å². The molecule has 0 unspecified atom stereocenters. The maximum Gasteiger partial charge on any atom is 0.339 e. The summed E-state index contributed by atoms with van der Waals surface area (Å²) in [4.78, 5) is 28.4. The van der Waals surface area contributed by atoms with Crippen molar-refractivity contribution in [2.24, 2.45) is 0 Å². The zero-order valence-electron chi connectivity index (χ0n) is 32.5. The summed E-state index contributed by atoms with van der Waals surface area (Å²) >= 11 is 3.69. The summed E-state index contributed by atoms with van der Waals surface area (Å²) in [5.41, 5.74) is 2.60. The number of rotatable bonds is 21. The first-order valence-corrected chi connectivity index (χ1v) is 21.5. The molecule has 5 rings (SSSR count). The second kappa shape index (κ2) is 24.4. The van der Waals surface area contributed by atoms with E-state index in [1.54, 1.807) is 6.07 Å². The summed E-state index contributed by atoms with van der Waals surface area (Å²) in [6.07, 6.45) is 19.7. The number of thiophene rings is 2. The van der Waals surface area contributed by atoms with Crippen molar-refractivity contribution in [3.63, 3.8) is 0 Å². The molecule has 2 N–H and O–H groups in total. The molecule has 0 radical (unpaired) electrons. The van der Waals surface area contributed by atoms with Crippen LogP contribution in [0.25, 0.3) is 0 Å². The molecule has 51 heavy (non-hydrogen) atoms. The normalized spacial score (nSPS) is 13.4. The maximum atomic E-state index is 12.9. The number of benzene rings is 1. The van der Waals surface area contributed by atoms with Crippen molar-refractivity contribution in [3.8, 4) is 0 Å². The molecule has 0 spiro atoms. The minimum atomic E-state index is -0.422. The van der Waals surface area contributed by atoms with Crippen LogP contribution in [0.5, 0.6) is 0 Å². The molecule has 0 bridgehead atoms. The van der Waals surface area contributed by atoms with Gasteiger partial charge in [-0.2, -0.15) is 0 Å². The van der Waals surface area contributed by atoms with Gasteiger partial charge < -0.3 is 20.1 Å². The van der Waals surface area contributed by atoms with E-state index >= 15 is 0 Å². The van der Waals surface area contributed by atoms with Crippen molar-refractivity contribution in [3.05, 3.63) is 68.4 Å². The van der Waals surface area contributed by atoms with Crippen molar-refractivity contribution < 1.29 is 19.1 Å². The quantitative estimate of drug-likeness (QED) is 0.0837. The van der Waals surface area contributed by atoms with E-state index in [2.05, 4.69) is 62.6 Å². The van der Waals surface area contributed by atoms with Crippen LogP contribution in [-0.2, 0) is 15.9 Å². The molecule has 3 aromatic rings. The van der Waals surface area contributed by atoms with Crippen LogP contribution in [0.2, 0.25) is 0 Å². The Hall–Kier alpha value is -2.84. The highest BCUT2D eigenvalue weighted by Gasteiger charge is 2.24. The molecule has 2 aromatic heterocycles. The molecule has 0 aliphatic heterocycles. The fourth-order valence-electron chi connectivity index (χ4n) is 5.74. The zero-order valence-corrected chi connectivity index (χ0v) is 34.1. The average molecular weight is 739 g/mol. The van der Waals surface area contributed by atoms with E-state index in [1.807, 2.05) is 42.6 Å². The Bertz CT molecular complexity index is 1370. The van der Waals surface area contributed by atoms with Crippen LogP contribution in [0.15, 0.2) is 36.4 Å². The smallest absolute Gasteiger partial charge is 0.339 e. The van der Waals surface area contributed by atoms with E-state index < -0.39 is 11.9 Å². The van der Waals surface area contributed by atoms with Gasteiger partial charge in [0.1, 0.15) is 0 Å². The van der Waals surface area contributed by atoms with Crippen LogP contribution < -0.4 is 10.6 Å². The lowest BCUT2D eigenvalue weighted by molar-refractivity contribution is 0.0449. The van der Waals surface area contributed by atoms with Gasteiger partial charge in [0.2, 0.25) is 0 Å². The number of unbranched alkanes of at least 4 members (excludes halogenated alkanes) is 10. The van der Waals surface area contributed by atoms with E-state index in [1.165, 1.54) is 96.8 Å². The fraction of sp³-hybridized carbons (Fsp3) is 0.628. The second-order valence-electron chi connectivity index (χ2n) is 14.1. The van der Waals surface area contributed by atoms with Crippen LogP contribution in [0.4, 0.5) is 10.0 Å². The van der Waals surface area contributed by atoms with Crippen LogP contribution in [-0.4, -0.2) is 37.2 Å². The number of anilines is 2. The Morgan fingerprint density at radius 2 is 1.06 bits per heavy atom. The summed E-state index contributed by atoms with van der Waals surface area (Å²) in [5.74, 6) is -0.824. The van der Waals surface area contributed by atoms with Crippen LogP contribution in [0, 0.1) is 20.8 Å². The summed E-state index contributed by atoms with van der Waals surface area (Å²) in [5, 5.41) is 9.58. The monoisotopic (exact) mass is 738 g/mol. The Morgan fingerprint density at radius 3 is 1.47 bits per heavy atom. The lowest BCUT2D eigenvalue weighted by Crippen LogP contribution is -2.18.